The van der Waals surface area contributed by atoms with Gasteiger partial charge < -0.3 is 19.3 Å². The Morgan fingerprint density at radius 2 is 1.86 bits per heavy atom. The summed E-state index contributed by atoms with van der Waals surface area (Å²) in [5, 5.41) is 0. The highest BCUT2D eigenvalue weighted by molar-refractivity contribution is 6.01. The minimum atomic E-state index is -0.264. The molecule has 2 saturated heterocycles. The molecule has 0 aromatic heterocycles. The van der Waals surface area contributed by atoms with Gasteiger partial charge in [-0.05, 0) is 43.7 Å². The summed E-state index contributed by atoms with van der Waals surface area (Å²) in [6.07, 6.45) is 7.47. The first-order chi connectivity index (χ1) is 13.6. The van der Waals surface area contributed by atoms with Gasteiger partial charge in [-0.3, -0.25) is 9.59 Å². The molecule has 28 heavy (non-hydrogen) atoms. The van der Waals surface area contributed by atoms with Gasteiger partial charge in [-0.2, -0.15) is 0 Å². The van der Waals surface area contributed by atoms with Crippen molar-refractivity contribution in [2.24, 2.45) is 11.8 Å². The Morgan fingerprint density at radius 1 is 1.07 bits per heavy atom. The fraction of sp³-hybridized carbons (Fsp3) is 0.636. The highest BCUT2D eigenvalue weighted by Crippen LogP contribution is 2.39. The molecular weight excluding hydrogens is 356 g/mol. The highest BCUT2D eigenvalue weighted by atomic mass is 16.5. The van der Waals surface area contributed by atoms with Crippen molar-refractivity contribution in [2.45, 2.75) is 51.0 Å². The normalized spacial score (nSPS) is 27.5. The van der Waals surface area contributed by atoms with Crippen LogP contribution in [0.2, 0.25) is 0 Å². The molecule has 6 heteroatoms. The van der Waals surface area contributed by atoms with Gasteiger partial charge in [-0.15, -0.1) is 0 Å². The molecular formula is C22H30N2O4. The standard InChI is InChI=1S/C22H30N2O4/c1-27-17-9-10-19(20(13-17)28-2)24-14-16(12-21(24)25)22(26)23-11-5-7-15-6-3-4-8-18(15)23/h9-10,13,15-16,18H,3-8,11-12,14H2,1-2H3/t15-,16+,18+/m1/s1. The number of piperidine rings is 1. The van der Waals surface area contributed by atoms with E-state index in [0.717, 1.165) is 19.4 Å². The van der Waals surface area contributed by atoms with Crippen LogP contribution in [0.25, 0.3) is 0 Å². The number of carbonyl (C=O) groups is 2. The lowest BCUT2D eigenvalue weighted by molar-refractivity contribution is -0.142. The Labute approximate surface area is 166 Å². The smallest absolute Gasteiger partial charge is 0.228 e. The van der Waals surface area contributed by atoms with Crippen molar-refractivity contribution in [1.82, 2.24) is 4.90 Å². The molecule has 2 heterocycles. The summed E-state index contributed by atoms with van der Waals surface area (Å²) in [6, 6.07) is 5.81. The second kappa shape index (κ2) is 8.02. The summed E-state index contributed by atoms with van der Waals surface area (Å²) in [5.41, 5.74) is 0.706. The van der Waals surface area contributed by atoms with Crippen LogP contribution in [0.4, 0.5) is 5.69 Å². The average Bonchev–Trinajstić information content (AvgIpc) is 3.13. The fourth-order valence-electron chi connectivity index (χ4n) is 5.25. The number of hydrogen-bond donors (Lipinski definition) is 0. The van der Waals surface area contributed by atoms with E-state index in [0.29, 0.717) is 35.7 Å². The molecule has 2 amide bonds. The Hall–Kier alpha value is -2.24. The number of hydrogen-bond acceptors (Lipinski definition) is 4. The third kappa shape index (κ3) is 3.45. The molecule has 2 aliphatic heterocycles. The zero-order valence-corrected chi connectivity index (χ0v) is 16.9. The second-order valence-electron chi connectivity index (χ2n) is 8.23. The summed E-state index contributed by atoms with van der Waals surface area (Å²) in [5.74, 6) is 1.81. The van der Waals surface area contributed by atoms with Crippen LogP contribution in [-0.2, 0) is 9.59 Å². The van der Waals surface area contributed by atoms with Gasteiger partial charge in [0.15, 0.2) is 0 Å². The first-order valence-corrected chi connectivity index (χ1v) is 10.4. The predicted molar refractivity (Wildman–Crippen MR) is 107 cm³/mol. The van der Waals surface area contributed by atoms with Crippen LogP contribution >= 0.6 is 0 Å². The maximum atomic E-state index is 13.3. The van der Waals surface area contributed by atoms with Crippen LogP contribution < -0.4 is 14.4 Å². The van der Waals surface area contributed by atoms with Crippen LogP contribution in [-0.4, -0.2) is 50.1 Å². The number of carbonyl (C=O) groups excluding carboxylic acids is 2. The highest BCUT2D eigenvalue weighted by Gasteiger charge is 2.42. The first-order valence-electron chi connectivity index (χ1n) is 10.4. The number of nitrogens with zero attached hydrogens (tertiary/aromatic N) is 2. The van der Waals surface area contributed by atoms with E-state index in [4.69, 9.17) is 9.47 Å². The summed E-state index contributed by atoms with van der Waals surface area (Å²) in [6.45, 7) is 1.27. The molecule has 0 N–H and O–H groups in total. The maximum Gasteiger partial charge on any atom is 0.228 e. The van der Waals surface area contributed by atoms with Crippen molar-refractivity contribution < 1.29 is 19.1 Å². The van der Waals surface area contributed by atoms with Crippen LogP contribution in [0.5, 0.6) is 11.5 Å². The van der Waals surface area contributed by atoms with Crippen LogP contribution in [0.3, 0.4) is 0 Å². The van der Waals surface area contributed by atoms with Crippen molar-refractivity contribution in [3.8, 4) is 11.5 Å². The molecule has 0 radical (unpaired) electrons. The monoisotopic (exact) mass is 386 g/mol. The van der Waals surface area contributed by atoms with E-state index >= 15 is 0 Å². The zero-order valence-electron chi connectivity index (χ0n) is 16.9. The fourth-order valence-corrected chi connectivity index (χ4v) is 5.25. The van der Waals surface area contributed by atoms with E-state index in [2.05, 4.69) is 4.90 Å². The van der Waals surface area contributed by atoms with Gasteiger partial charge in [-0.1, -0.05) is 12.8 Å². The molecule has 4 rings (SSSR count). The largest absolute Gasteiger partial charge is 0.497 e. The lowest BCUT2D eigenvalue weighted by Gasteiger charge is -2.45. The number of ether oxygens (including phenoxy) is 2. The van der Waals surface area contributed by atoms with Crippen LogP contribution in [0.1, 0.15) is 44.9 Å². The van der Waals surface area contributed by atoms with Crippen molar-refractivity contribution in [3.63, 3.8) is 0 Å². The number of rotatable bonds is 4. The molecule has 1 saturated carbocycles. The van der Waals surface area contributed by atoms with Crippen molar-refractivity contribution in [2.75, 3.05) is 32.2 Å². The van der Waals surface area contributed by atoms with Gasteiger partial charge in [0.2, 0.25) is 11.8 Å². The van der Waals surface area contributed by atoms with Gasteiger partial charge in [0.25, 0.3) is 0 Å². The van der Waals surface area contributed by atoms with E-state index in [1.165, 1.54) is 25.7 Å². The molecule has 3 aliphatic rings. The molecule has 0 unspecified atom stereocenters. The SMILES string of the molecule is COc1ccc(N2C[C@@H](C(=O)N3CCC[C@H]4CCCC[C@@H]43)CC2=O)c(OC)c1. The lowest BCUT2D eigenvalue weighted by Crippen LogP contribution is -2.51. The Bertz CT molecular complexity index is 748. The summed E-state index contributed by atoms with van der Waals surface area (Å²) in [4.78, 5) is 29.9. The number of anilines is 1. The van der Waals surface area contributed by atoms with Crippen molar-refractivity contribution in [3.05, 3.63) is 18.2 Å². The minimum Gasteiger partial charge on any atom is -0.497 e. The van der Waals surface area contributed by atoms with E-state index < -0.39 is 0 Å². The third-order valence-electron chi connectivity index (χ3n) is 6.68. The lowest BCUT2D eigenvalue weighted by atomic mass is 9.78. The van der Waals surface area contributed by atoms with Crippen LogP contribution in [0, 0.1) is 11.8 Å². The third-order valence-corrected chi connectivity index (χ3v) is 6.68. The number of benzene rings is 1. The molecule has 1 aromatic carbocycles. The van der Waals surface area contributed by atoms with E-state index in [1.54, 1.807) is 25.2 Å². The molecule has 3 atom stereocenters. The predicted octanol–water partition coefficient (Wildman–Crippen LogP) is 3.24. The molecule has 0 bridgehead atoms. The van der Waals surface area contributed by atoms with Gasteiger partial charge in [-0.25, -0.2) is 0 Å². The Kier molecular flexibility index (Phi) is 5.47. The molecule has 0 spiro atoms. The minimum absolute atomic E-state index is 0.0148. The topological polar surface area (TPSA) is 59.1 Å². The van der Waals surface area contributed by atoms with Crippen molar-refractivity contribution in [1.29, 1.82) is 0 Å². The van der Waals surface area contributed by atoms with E-state index in [9.17, 15) is 9.59 Å². The summed E-state index contributed by atoms with van der Waals surface area (Å²) < 4.78 is 10.7. The quantitative estimate of drug-likeness (QED) is 0.797. The Balaban J connectivity index is 1.51. The van der Waals surface area contributed by atoms with E-state index in [-0.39, 0.29) is 24.2 Å². The average molecular weight is 386 g/mol. The number of likely N-dealkylation sites (tertiary alicyclic amines) is 1. The van der Waals surface area contributed by atoms with Gasteiger partial charge in [0, 0.05) is 31.6 Å². The molecule has 1 aliphatic carbocycles. The summed E-state index contributed by atoms with van der Waals surface area (Å²) in [7, 11) is 3.18. The molecule has 1 aromatic rings. The van der Waals surface area contributed by atoms with Gasteiger partial charge in [0.05, 0.1) is 25.8 Å². The molecule has 152 valence electrons. The second-order valence-corrected chi connectivity index (χ2v) is 8.23. The number of fused-ring (bicyclic) bond motifs is 1. The first kappa shape index (κ1) is 19.1. The summed E-state index contributed by atoms with van der Waals surface area (Å²) >= 11 is 0. The zero-order chi connectivity index (χ0) is 19.7. The van der Waals surface area contributed by atoms with Gasteiger partial charge in [0.1, 0.15) is 11.5 Å². The van der Waals surface area contributed by atoms with E-state index in [1.807, 2.05) is 12.1 Å². The molecule has 6 nitrogen and oxygen atoms in total. The Morgan fingerprint density at radius 3 is 2.64 bits per heavy atom. The number of methoxy groups -OCH3 is 2. The van der Waals surface area contributed by atoms with Crippen LogP contribution in [0.15, 0.2) is 18.2 Å². The van der Waals surface area contributed by atoms with Crippen molar-refractivity contribution >= 4 is 17.5 Å². The van der Waals surface area contributed by atoms with Gasteiger partial charge >= 0.3 is 0 Å². The molecule has 3 fully saturated rings. The number of amides is 2. The maximum absolute atomic E-state index is 13.3.